The summed E-state index contributed by atoms with van der Waals surface area (Å²) in [4.78, 5) is 3.99. The molecule has 8 aromatic carbocycles. The van der Waals surface area contributed by atoms with E-state index in [2.05, 4.69) is 164 Å². The van der Waals surface area contributed by atoms with Crippen molar-refractivity contribution in [2.45, 2.75) is 0 Å². The molecule has 11 rings (SSSR count). The van der Waals surface area contributed by atoms with Crippen LogP contribution in [0.3, 0.4) is 0 Å². The maximum Gasteiger partial charge on any atom is 0.210 e. The molecule has 3 aromatic heterocycles. The van der Waals surface area contributed by atoms with Gasteiger partial charge in [0.05, 0.1) is 56.6 Å². The molecule has 0 aliphatic heterocycles. The third-order valence-electron chi connectivity index (χ3n) is 11.1. The molecule has 5 nitrogen and oxygen atoms in total. The quantitative estimate of drug-likeness (QED) is 0.169. The zero-order valence-electron chi connectivity index (χ0n) is 29.5. The fourth-order valence-electron chi connectivity index (χ4n) is 8.80. The highest BCUT2D eigenvalue weighted by Gasteiger charge is 2.21. The molecule has 0 amide bonds. The Kier molecular flexibility index (Phi) is 6.61. The van der Waals surface area contributed by atoms with Gasteiger partial charge < -0.3 is 13.7 Å². The SMILES string of the molecule is [C-]#[N+]c1ccc(-c2ccccc2-n2c3ccccc3c3cc(-n4c5ccccc5c5ccccc54)ccc32)cc1-n1c2ccccc2c2cccc(C#N)c21. The molecule has 0 fully saturated rings. The standard InChI is InChI=1S/C50H29N5/c1-52-42-27-25-32(29-49(42)55-47-24-11-5-17-38(47)40-19-12-13-33(31-51)50(40)55)35-14-2-7-20-43(35)54-46-23-10-6-18-39(46)41-30-34(26-28-48(41)54)53-44-21-8-3-15-36(44)37-16-4-9-22-45(37)53/h2-30H. The van der Waals surface area contributed by atoms with Gasteiger partial charge in [-0.3, -0.25) is 0 Å². The van der Waals surface area contributed by atoms with Crippen LogP contribution >= 0.6 is 0 Å². The molecule has 0 N–H and O–H groups in total. The number of nitriles is 1. The average molecular weight is 700 g/mol. The molecule has 0 spiro atoms. The van der Waals surface area contributed by atoms with Gasteiger partial charge in [0.1, 0.15) is 6.07 Å². The van der Waals surface area contributed by atoms with Gasteiger partial charge in [-0.2, -0.15) is 5.26 Å². The molecule has 0 aliphatic rings. The minimum atomic E-state index is 0.520. The van der Waals surface area contributed by atoms with Crippen molar-refractivity contribution in [3.63, 3.8) is 0 Å². The van der Waals surface area contributed by atoms with Gasteiger partial charge in [0, 0.05) is 43.6 Å². The molecule has 5 heteroatoms. The fourth-order valence-corrected chi connectivity index (χ4v) is 8.80. The second kappa shape index (κ2) is 11.8. The van der Waals surface area contributed by atoms with Gasteiger partial charge in [0.25, 0.3) is 0 Å². The predicted octanol–water partition coefficient (Wildman–Crippen LogP) is 13.1. The van der Waals surface area contributed by atoms with E-state index in [1.807, 2.05) is 36.4 Å². The van der Waals surface area contributed by atoms with E-state index in [-0.39, 0.29) is 0 Å². The van der Waals surface area contributed by atoms with E-state index in [0.717, 1.165) is 61.0 Å². The minimum Gasteiger partial charge on any atom is -0.318 e. The van der Waals surface area contributed by atoms with Crippen LogP contribution in [0, 0.1) is 17.9 Å². The van der Waals surface area contributed by atoms with Crippen molar-refractivity contribution in [2.24, 2.45) is 0 Å². The van der Waals surface area contributed by atoms with Crippen LogP contribution < -0.4 is 0 Å². The maximum atomic E-state index is 10.2. The third kappa shape index (κ3) is 4.39. The summed E-state index contributed by atoms with van der Waals surface area (Å²) in [5, 5.41) is 17.1. The molecule has 0 unspecified atom stereocenters. The van der Waals surface area contributed by atoms with Crippen molar-refractivity contribution in [1.82, 2.24) is 13.7 Å². The smallest absolute Gasteiger partial charge is 0.210 e. The van der Waals surface area contributed by atoms with Gasteiger partial charge in [-0.15, -0.1) is 0 Å². The van der Waals surface area contributed by atoms with Crippen LogP contribution in [0.1, 0.15) is 5.56 Å². The molecule has 0 aliphatic carbocycles. The lowest BCUT2D eigenvalue weighted by molar-refractivity contribution is 1.16. The van der Waals surface area contributed by atoms with Crippen LogP contribution in [0.15, 0.2) is 176 Å². The van der Waals surface area contributed by atoms with Gasteiger partial charge in [0.15, 0.2) is 0 Å². The summed E-state index contributed by atoms with van der Waals surface area (Å²) in [6.07, 6.45) is 0. The Hall–Kier alpha value is -7.86. The maximum absolute atomic E-state index is 10.2. The predicted molar refractivity (Wildman–Crippen MR) is 226 cm³/mol. The minimum absolute atomic E-state index is 0.520. The molecule has 0 atom stereocenters. The van der Waals surface area contributed by atoms with E-state index in [0.29, 0.717) is 11.3 Å². The van der Waals surface area contributed by atoms with Crippen molar-refractivity contribution < 1.29 is 0 Å². The summed E-state index contributed by atoms with van der Waals surface area (Å²) >= 11 is 0. The highest BCUT2D eigenvalue weighted by molar-refractivity contribution is 6.13. The van der Waals surface area contributed by atoms with Gasteiger partial charge >= 0.3 is 0 Å². The second-order valence-corrected chi connectivity index (χ2v) is 13.9. The van der Waals surface area contributed by atoms with E-state index in [1.54, 1.807) is 0 Å². The number of fused-ring (bicyclic) bond motifs is 9. The van der Waals surface area contributed by atoms with Crippen LogP contribution in [-0.2, 0) is 0 Å². The van der Waals surface area contributed by atoms with E-state index in [9.17, 15) is 5.26 Å². The molecule has 0 bridgehead atoms. The van der Waals surface area contributed by atoms with Crippen LogP contribution in [0.25, 0.3) is 98.5 Å². The Morgan fingerprint density at radius 3 is 1.65 bits per heavy atom. The summed E-state index contributed by atoms with van der Waals surface area (Å²) in [5.74, 6) is 0. The number of rotatable bonds is 4. The molecular formula is C50H29N5. The van der Waals surface area contributed by atoms with Crippen molar-refractivity contribution in [3.05, 3.63) is 193 Å². The summed E-state index contributed by atoms with van der Waals surface area (Å²) in [6, 6.07) is 63.7. The highest BCUT2D eigenvalue weighted by atomic mass is 15.0. The number of aromatic nitrogens is 3. The van der Waals surface area contributed by atoms with Crippen LogP contribution in [0.5, 0.6) is 0 Å². The first-order chi connectivity index (χ1) is 27.2. The molecule has 254 valence electrons. The van der Waals surface area contributed by atoms with Gasteiger partial charge in [-0.25, -0.2) is 4.85 Å². The average Bonchev–Trinajstić information content (AvgIpc) is 3.89. The van der Waals surface area contributed by atoms with Crippen LogP contribution in [0.4, 0.5) is 5.69 Å². The topological polar surface area (TPSA) is 42.9 Å². The normalized spacial score (nSPS) is 11.6. The van der Waals surface area contributed by atoms with Crippen molar-refractivity contribution >= 4 is 71.1 Å². The molecule has 55 heavy (non-hydrogen) atoms. The highest BCUT2D eigenvalue weighted by Crippen LogP contribution is 2.42. The van der Waals surface area contributed by atoms with Crippen LogP contribution in [-0.4, -0.2) is 13.7 Å². The van der Waals surface area contributed by atoms with Crippen molar-refractivity contribution in [3.8, 4) is 34.3 Å². The zero-order valence-corrected chi connectivity index (χ0v) is 29.5. The third-order valence-corrected chi connectivity index (χ3v) is 11.1. The molecule has 0 saturated carbocycles. The Balaban J connectivity index is 1.15. The Morgan fingerprint density at radius 1 is 0.436 bits per heavy atom. The first-order valence-corrected chi connectivity index (χ1v) is 18.3. The van der Waals surface area contributed by atoms with Gasteiger partial charge in [-0.05, 0) is 66.2 Å². The lowest BCUT2D eigenvalue weighted by Gasteiger charge is -2.17. The first kappa shape index (κ1) is 30.7. The fraction of sp³-hybridized carbons (Fsp3) is 0. The summed E-state index contributed by atoms with van der Waals surface area (Å²) in [5.41, 5.74) is 12.4. The monoisotopic (exact) mass is 699 g/mol. The van der Waals surface area contributed by atoms with Crippen molar-refractivity contribution in [1.29, 1.82) is 5.26 Å². The summed E-state index contributed by atoms with van der Waals surface area (Å²) in [6.45, 7) is 8.21. The van der Waals surface area contributed by atoms with E-state index in [1.165, 1.54) is 32.6 Å². The number of nitrogens with zero attached hydrogens (tertiary/aromatic N) is 5. The van der Waals surface area contributed by atoms with Gasteiger partial charge in [0.2, 0.25) is 5.69 Å². The first-order valence-electron chi connectivity index (χ1n) is 18.3. The van der Waals surface area contributed by atoms with E-state index < -0.39 is 0 Å². The number of hydrogen-bond acceptors (Lipinski definition) is 1. The number of para-hydroxylation sites is 6. The largest absolute Gasteiger partial charge is 0.318 e. The lowest BCUT2D eigenvalue weighted by atomic mass is 10.0. The summed E-state index contributed by atoms with van der Waals surface area (Å²) < 4.78 is 6.84. The van der Waals surface area contributed by atoms with Crippen molar-refractivity contribution in [2.75, 3.05) is 0 Å². The lowest BCUT2D eigenvalue weighted by Crippen LogP contribution is -1.99. The van der Waals surface area contributed by atoms with Crippen LogP contribution in [0.2, 0.25) is 0 Å². The number of hydrogen-bond donors (Lipinski definition) is 0. The number of benzene rings is 8. The molecule has 0 radical (unpaired) electrons. The molecular weight excluding hydrogens is 671 g/mol. The second-order valence-electron chi connectivity index (χ2n) is 13.9. The Bertz CT molecular complexity index is 3420. The Morgan fingerprint density at radius 2 is 0.982 bits per heavy atom. The van der Waals surface area contributed by atoms with Gasteiger partial charge in [-0.1, -0.05) is 115 Å². The van der Waals surface area contributed by atoms with E-state index >= 15 is 0 Å². The van der Waals surface area contributed by atoms with E-state index in [4.69, 9.17) is 6.57 Å². The zero-order chi connectivity index (χ0) is 36.6. The molecule has 0 saturated heterocycles. The Labute approximate surface area is 316 Å². The molecule has 3 heterocycles. The summed E-state index contributed by atoms with van der Waals surface area (Å²) in [7, 11) is 0. The molecule has 11 aromatic rings.